The van der Waals surface area contributed by atoms with Crippen LogP contribution in [0, 0.1) is 0 Å². The van der Waals surface area contributed by atoms with Crippen molar-refractivity contribution in [1.82, 2.24) is 0 Å². The predicted molar refractivity (Wildman–Crippen MR) is 119 cm³/mol. The van der Waals surface area contributed by atoms with Crippen LogP contribution in [0.25, 0.3) is 0 Å². The molecule has 1 aliphatic rings. The van der Waals surface area contributed by atoms with Crippen LogP contribution in [0.2, 0.25) is 0 Å². The fourth-order valence-electron chi connectivity index (χ4n) is 3.36. The van der Waals surface area contributed by atoms with Crippen LogP contribution in [-0.2, 0) is 11.2 Å². The maximum Gasteiger partial charge on any atom is 0.255 e. The molecule has 0 aromatic heterocycles. The van der Waals surface area contributed by atoms with Crippen LogP contribution in [0.4, 0.5) is 11.4 Å². The Morgan fingerprint density at radius 3 is 2.34 bits per heavy atom. The molecule has 0 radical (unpaired) electrons. The summed E-state index contributed by atoms with van der Waals surface area (Å²) in [6.45, 7) is 2.09. The number of amides is 2. The number of hydrogen-bond acceptors (Lipinski definition) is 3. The first-order chi connectivity index (χ1) is 14.2. The van der Waals surface area contributed by atoms with Crippen molar-refractivity contribution in [2.45, 2.75) is 18.7 Å². The third kappa shape index (κ3) is 4.20. The van der Waals surface area contributed by atoms with Crippen LogP contribution < -0.4 is 10.2 Å². The van der Waals surface area contributed by atoms with Gasteiger partial charge in [-0.2, -0.15) is 0 Å². The summed E-state index contributed by atoms with van der Waals surface area (Å²) in [5.74, 6) is 0.446. The number of anilines is 2. The average molecular weight is 403 g/mol. The smallest absolute Gasteiger partial charge is 0.255 e. The lowest BCUT2D eigenvalue weighted by atomic mass is 10.1. The molecule has 0 saturated carbocycles. The van der Waals surface area contributed by atoms with E-state index < -0.39 is 0 Å². The molecule has 2 amide bonds. The van der Waals surface area contributed by atoms with Gasteiger partial charge in [0.05, 0.1) is 5.75 Å². The van der Waals surface area contributed by atoms with E-state index in [0.717, 1.165) is 23.4 Å². The van der Waals surface area contributed by atoms with Crippen molar-refractivity contribution >= 4 is 35.0 Å². The minimum absolute atomic E-state index is 0.0590. The molecule has 4 rings (SSSR count). The fourth-order valence-corrected chi connectivity index (χ4v) is 4.54. The van der Waals surface area contributed by atoms with Gasteiger partial charge < -0.3 is 5.32 Å². The van der Waals surface area contributed by atoms with Gasteiger partial charge in [0.15, 0.2) is 0 Å². The van der Waals surface area contributed by atoms with Crippen molar-refractivity contribution in [1.29, 1.82) is 0 Å². The highest BCUT2D eigenvalue weighted by atomic mass is 32.2. The molecule has 146 valence electrons. The highest BCUT2D eigenvalue weighted by molar-refractivity contribution is 8.00. The maximum absolute atomic E-state index is 12.5. The standard InChI is InChI=1S/C24H22N2O2S/c1-2-17-8-10-18(11-9-17)23(28)25-20-14-12-19(13-15-20)24-26(22(27)16-29-24)21-6-4-3-5-7-21/h3-15,24H,2,16H2,1H3,(H,25,28)/t24-/m0/s1. The number of thioether (sulfide) groups is 1. The second kappa shape index (κ2) is 8.53. The van der Waals surface area contributed by atoms with Crippen molar-refractivity contribution in [3.8, 4) is 0 Å². The molecule has 1 heterocycles. The summed E-state index contributed by atoms with van der Waals surface area (Å²) in [7, 11) is 0. The largest absolute Gasteiger partial charge is 0.322 e. The fraction of sp³-hybridized carbons (Fsp3) is 0.167. The molecule has 3 aromatic carbocycles. The van der Waals surface area contributed by atoms with Gasteiger partial charge in [-0.25, -0.2) is 0 Å². The third-order valence-electron chi connectivity index (χ3n) is 4.98. The number of hydrogen-bond donors (Lipinski definition) is 1. The molecule has 0 bridgehead atoms. The number of rotatable bonds is 5. The highest BCUT2D eigenvalue weighted by Crippen LogP contribution is 2.41. The molecule has 29 heavy (non-hydrogen) atoms. The summed E-state index contributed by atoms with van der Waals surface area (Å²) in [6, 6.07) is 25.1. The second-order valence-corrected chi connectivity index (χ2v) is 7.96. The van der Waals surface area contributed by atoms with E-state index in [0.29, 0.717) is 11.3 Å². The number of nitrogens with one attached hydrogen (secondary N) is 1. The van der Waals surface area contributed by atoms with Crippen molar-refractivity contribution in [2.75, 3.05) is 16.0 Å². The molecule has 0 unspecified atom stereocenters. The summed E-state index contributed by atoms with van der Waals surface area (Å²) >= 11 is 1.62. The Bertz CT molecular complexity index is 1000. The Balaban J connectivity index is 1.48. The molecule has 5 heteroatoms. The Morgan fingerprint density at radius 2 is 1.69 bits per heavy atom. The minimum atomic E-state index is -0.128. The van der Waals surface area contributed by atoms with Gasteiger partial charge in [-0.1, -0.05) is 49.4 Å². The molecule has 4 nitrogen and oxygen atoms in total. The van der Waals surface area contributed by atoms with Crippen LogP contribution in [-0.4, -0.2) is 17.6 Å². The first kappa shape index (κ1) is 19.3. The van der Waals surface area contributed by atoms with Crippen LogP contribution in [0.1, 0.15) is 33.8 Å². The summed E-state index contributed by atoms with van der Waals surface area (Å²) in [6.07, 6.45) is 0.949. The Morgan fingerprint density at radius 1 is 1.00 bits per heavy atom. The van der Waals surface area contributed by atoms with E-state index in [9.17, 15) is 9.59 Å². The lowest BCUT2D eigenvalue weighted by Crippen LogP contribution is -2.27. The van der Waals surface area contributed by atoms with Gasteiger partial charge in [0.1, 0.15) is 5.37 Å². The molecule has 1 atom stereocenters. The summed E-state index contributed by atoms with van der Waals surface area (Å²) in [4.78, 5) is 26.7. The maximum atomic E-state index is 12.5. The van der Waals surface area contributed by atoms with Crippen LogP contribution in [0.15, 0.2) is 78.9 Å². The van der Waals surface area contributed by atoms with Crippen LogP contribution in [0.3, 0.4) is 0 Å². The van der Waals surface area contributed by atoms with Gasteiger partial charge >= 0.3 is 0 Å². The van der Waals surface area contributed by atoms with Crippen molar-refractivity contribution in [2.24, 2.45) is 0 Å². The molecular weight excluding hydrogens is 380 g/mol. The minimum Gasteiger partial charge on any atom is -0.322 e. The summed E-state index contributed by atoms with van der Waals surface area (Å²) in [5.41, 5.74) is 4.52. The van der Waals surface area contributed by atoms with Crippen molar-refractivity contribution in [3.05, 3.63) is 95.6 Å². The van der Waals surface area contributed by atoms with E-state index in [4.69, 9.17) is 0 Å². The van der Waals surface area contributed by atoms with Crippen LogP contribution >= 0.6 is 11.8 Å². The topological polar surface area (TPSA) is 49.4 Å². The lowest BCUT2D eigenvalue weighted by Gasteiger charge is -2.24. The zero-order valence-corrected chi connectivity index (χ0v) is 17.0. The van der Waals surface area contributed by atoms with Gasteiger partial charge in [0.2, 0.25) is 5.91 Å². The van der Waals surface area contributed by atoms with Gasteiger partial charge in [-0.05, 0) is 53.9 Å². The zero-order chi connectivity index (χ0) is 20.2. The molecule has 3 aromatic rings. The first-order valence-corrected chi connectivity index (χ1v) is 10.7. The SMILES string of the molecule is CCc1ccc(C(=O)Nc2ccc([C@@H]3SCC(=O)N3c3ccccc3)cc2)cc1. The number of benzene rings is 3. The second-order valence-electron chi connectivity index (χ2n) is 6.89. The molecule has 1 fully saturated rings. The predicted octanol–water partition coefficient (Wildman–Crippen LogP) is 5.28. The zero-order valence-electron chi connectivity index (χ0n) is 16.2. The van der Waals surface area contributed by atoms with E-state index >= 15 is 0 Å². The molecular formula is C24H22N2O2S. The number of carbonyl (C=O) groups excluding carboxylic acids is 2. The Kier molecular flexibility index (Phi) is 5.67. The number of para-hydroxylation sites is 1. The quantitative estimate of drug-likeness (QED) is 0.632. The van der Waals surface area contributed by atoms with Gasteiger partial charge in [-0.15, -0.1) is 11.8 Å². The third-order valence-corrected chi connectivity index (χ3v) is 6.19. The summed E-state index contributed by atoms with van der Waals surface area (Å²) in [5, 5.41) is 2.88. The molecule has 1 saturated heterocycles. The van der Waals surface area contributed by atoms with Crippen molar-refractivity contribution in [3.63, 3.8) is 0 Å². The van der Waals surface area contributed by atoms with Gasteiger partial charge in [0, 0.05) is 16.9 Å². The van der Waals surface area contributed by atoms with E-state index in [1.54, 1.807) is 11.8 Å². The monoisotopic (exact) mass is 402 g/mol. The molecule has 1 N–H and O–H groups in total. The normalized spacial score (nSPS) is 16.1. The molecule has 0 aliphatic carbocycles. The van der Waals surface area contributed by atoms with E-state index in [1.165, 1.54) is 5.56 Å². The van der Waals surface area contributed by atoms with Gasteiger partial charge in [0.25, 0.3) is 5.91 Å². The van der Waals surface area contributed by atoms with E-state index in [-0.39, 0.29) is 17.2 Å². The average Bonchev–Trinajstić information content (AvgIpc) is 3.16. The highest BCUT2D eigenvalue weighted by Gasteiger charge is 2.33. The number of carbonyl (C=O) groups is 2. The van der Waals surface area contributed by atoms with Crippen molar-refractivity contribution < 1.29 is 9.59 Å². The number of aryl methyl sites for hydroxylation is 1. The molecule has 0 spiro atoms. The van der Waals surface area contributed by atoms with E-state index in [1.807, 2.05) is 83.8 Å². The molecule has 1 aliphatic heterocycles. The Hall–Kier alpha value is -3.05. The Labute approximate surface area is 174 Å². The van der Waals surface area contributed by atoms with Gasteiger partial charge in [-0.3, -0.25) is 14.5 Å². The first-order valence-electron chi connectivity index (χ1n) is 9.64. The lowest BCUT2D eigenvalue weighted by molar-refractivity contribution is -0.115. The van der Waals surface area contributed by atoms with E-state index in [2.05, 4.69) is 12.2 Å². The summed E-state index contributed by atoms with van der Waals surface area (Å²) < 4.78 is 0. The number of nitrogens with zero attached hydrogens (tertiary/aromatic N) is 1. The van der Waals surface area contributed by atoms with Crippen LogP contribution in [0.5, 0.6) is 0 Å².